The van der Waals surface area contributed by atoms with Crippen LogP contribution in [0.25, 0.3) is 27.9 Å². The number of hydrogen-bond donors (Lipinski definition) is 0. The smallest absolute Gasteiger partial charge is 0.253 e. The Labute approximate surface area is 176 Å². The summed E-state index contributed by atoms with van der Waals surface area (Å²) in [4.78, 5) is 19.6. The van der Waals surface area contributed by atoms with Gasteiger partial charge in [-0.1, -0.05) is 25.8 Å². The highest BCUT2D eigenvalue weighted by atomic mass is 16.2. The van der Waals surface area contributed by atoms with Gasteiger partial charge in [-0.05, 0) is 49.1 Å². The van der Waals surface area contributed by atoms with Gasteiger partial charge in [0.2, 0.25) is 0 Å². The first kappa shape index (κ1) is 18.9. The monoisotopic (exact) mass is 401 g/mol. The number of aromatic nitrogens is 4. The molecular formula is C24H27N5O. The Morgan fingerprint density at radius 1 is 1.07 bits per heavy atom. The van der Waals surface area contributed by atoms with E-state index in [0.29, 0.717) is 0 Å². The summed E-state index contributed by atoms with van der Waals surface area (Å²) in [5.41, 5.74) is 5.73. The third-order valence-electron chi connectivity index (χ3n) is 6.21. The SMILES string of the molecule is CCc1ccc2ncc(-c3nn(C)c4cc(C(=O)N5CCCCCC5)ccc34)n2c1. The average Bonchev–Trinajstić information content (AvgIpc) is 3.20. The lowest BCUT2D eigenvalue weighted by molar-refractivity contribution is 0.0762. The molecule has 0 unspecified atom stereocenters. The lowest BCUT2D eigenvalue weighted by Gasteiger charge is -2.20. The topological polar surface area (TPSA) is 55.4 Å². The third-order valence-corrected chi connectivity index (χ3v) is 6.21. The average molecular weight is 402 g/mol. The van der Waals surface area contributed by atoms with Crippen LogP contribution in [0.1, 0.15) is 48.5 Å². The molecule has 6 heteroatoms. The molecule has 1 aliphatic rings. The van der Waals surface area contributed by atoms with Crippen LogP contribution >= 0.6 is 0 Å². The van der Waals surface area contributed by atoms with Gasteiger partial charge in [-0.15, -0.1) is 0 Å². The van der Waals surface area contributed by atoms with Crippen molar-refractivity contribution in [1.82, 2.24) is 24.1 Å². The maximum Gasteiger partial charge on any atom is 0.253 e. The van der Waals surface area contributed by atoms with E-state index in [2.05, 4.69) is 28.6 Å². The molecule has 0 bridgehead atoms. The fourth-order valence-electron chi connectivity index (χ4n) is 4.44. The number of rotatable bonds is 3. The van der Waals surface area contributed by atoms with E-state index in [0.717, 1.165) is 65.9 Å². The van der Waals surface area contributed by atoms with Crippen molar-refractivity contribution in [2.45, 2.75) is 39.0 Å². The summed E-state index contributed by atoms with van der Waals surface area (Å²) in [5, 5.41) is 5.83. The molecule has 4 heterocycles. The second-order valence-corrected chi connectivity index (χ2v) is 8.17. The zero-order chi connectivity index (χ0) is 20.7. The fourth-order valence-corrected chi connectivity index (χ4v) is 4.44. The van der Waals surface area contributed by atoms with Crippen molar-refractivity contribution >= 4 is 22.5 Å². The molecule has 1 amide bonds. The number of pyridine rings is 1. The normalized spacial score (nSPS) is 15.1. The fraction of sp³-hybridized carbons (Fsp3) is 0.375. The predicted molar refractivity (Wildman–Crippen MR) is 119 cm³/mol. The predicted octanol–water partition coefficient (Wildman–Crippen LogP) is 4.47. The number of nitrogens with zero attached hydrogens (tertiary/aromatic N) is 5. The second-order valence-electron chi connectivity index (χ2n) is 8.17. The molecule has 3 aromatic heterocycles. The van der Waals surface area contributed by atoms with Crippen molar-refractivity contribution < 1.29 is 4.79 Å². The van der Waals surface area contributed by atoms with Crippen LogP contribution in [-0.2, 0) is 13.5 Å². The number of amides is 1. The number of likely N-dealkylation sites (tertiary alicyclic amines) is 1. The summed E-state index contributed by atoms with van der Waals surface area (Å²) in [5.74, 6) is 0.129. The number of fused-ring (bicyclic) bond motifs is 2. The first-order valence-electron chi connectivity index (χ1n) is 10.9. The number of benzene rings is 1. The van der Waals surface area contributed by atoms with Gasteiger partial charge in [0, 0.05) is 37.3 Å². The van der Waals surface area contributed by atoms with E-state index >= 15 is 0 Å². The molecule has 0 atom stereocenters. The Bertz CT molecular complexity index is 1230. The maximum absolute atomic E-state index is 13.1. The number of carbonyl (C=O) groups excluding carboxylic acids is 1. The highest BCUT2D eigenvalue weighted by Crippen LogP contribution is 2.29. The van der Waals surface area contributed by atoms with E-state index in [9.17, 15) is 4.79 Å². The van der Waals surface area contributed by atoms with E-state index in [1.54, 1.807) is 0 Å². The molecule has 0 spiro atoms. The number of aryl methyl sites for hydroxylation is 2. The molecule has 5 rings (SSSR count). The molecule has 0 aliphatic carbocycles. The number of carbonyl (C=O) groups is 1. The van der Waals surface area contributed by atoms with Gasteiger partial charge >= 0.3 is 0 Å². The molecule has 30 heavy (non-hydrogen) atoms. The standard InChI is InChI=1S/C24H27N5O/c1-3-17-8-11-22-25-15-21(29(22)16-17)23-19-10-9-18(14-20(19)27(2)26-23)24(30)28-12-6-4-5-7-13-28/h8-11,14-16H,3-7,12-13H2,1-2H3. The highest BCUT2D eigenvalue weighted by molar-refractivity contribution is 6.01. The first-order valence-corrected chi connectivity index (χ1v) is 10.9. The molecule has 1 aromatic carbocycles. The molecule has 0 N–H and O–H groups in total. The Hall–Kier alpha value is -3.15. The second kappa shape index (κ2) is 7.59. The van der Waals surface area contributed by atoms with Gasteiger partial charge in [0.05, 0.1) is 17.4 Å². The van der Waals surface area contributed by atoms with Gasteiger partial charge in [-0.3, -0.25) is 13.9 Å². The van der Waals surface area contributed by atoms with Crippen LogP contribution in [0.5, 0.6) is 0 Å². The molecular weight excluding hydrogens is 374 g/mol. The van der Waals surface area contributed by atoms with Crippen LogP contribution in [0.2, 0.25) is 0 Å². The van der Waals surface area contributed by atoms with Crippen molar-refractivity contribution in [3.63, 3.8) is 0 Å². The molecule has 4 aromatic rings. The van der Waals surface area contributed by atoms with Crippen LogP contribution in [0.4, 0.5) is 0 Å². The summed E-state index contributed by atoms with van der Waals surface area (Å²) in [7, 11) is 1.94. The van der Waals surface area contributed by atoms with Crippen molar-refractivity contribution in [2.24, 2.45) is 7.05 Å². The minimum atomic E-state index is 0.129. The summed E-state index contributed by atoms with van der Waals surface area (Å²) < 4.78 is 3.98. The van der Waals surface area contributed by atoms with Gasteiger partial charge in [-0.25, -0.2) is 4.98 Å². The van der Waals surface area contributed by atoms with E-state index in [-0.39, 0.29) is 5.91 Å². The summed E-state index contributed by atoms with van der Waals surface area (Å²) in [6, 6.07) is 10.1. The molecule has 0 saturated carbocycles. The summed E-state index contributed by atoms with van der Waals surface area (Å²) in [6.07, 6.45) is 9.61. The first-order chi connectivity index (χ1) is 14.7. The van der Waals surface area contributed by atoms with Crippen molar-refractivity contribution in [1.29, 1.82) is 0 Å². The van der Waals surface area contributed by atoms with Gasteiger partial charge in [-0.2, -0.15) is 5.10 Å². The molecule has 0 radical (unpaired) electrons. The van der Waals surface area contributed by atoms with E-state index in [1.807, 2.05) is 47.1 Å². The highest BCUT2D eigenvalue weighted by Gasteiger charge is 2.20. The van der Waals surface area contributed by atoms with Crippen LogP contribution < -0.4 is 0 Å². The van der Waals surface area contributed by atoms with Gasteiger partial charge in [0.15, 0.2) is 0 Å². The van der Waals surface area contributed by atoms with Crippen molar-refractivity contribution in [3.05, 3.63) is 53.9 Å². The maximum atomic E-state index is 13.1. The number of hydrogen-bond acceptors (Lipinski definition) is 3. The molecule has 154 valence electrons. The Morgan fingerprint density at radius 3 is 2.63 bits per heavy atom. The molecule has 1 saturated heterocycles. The Morgan fingerprint density at radius 2 is 1.87 bits per heavy atom. The number of imidazole rings is 1. The zero-order valence-corrected chi connectivity index (χ0v) is 17.6. The minimum Gasteiger partial charge on any atom is -0.339 e. The van der Waals surface area contributed by atoms with Gasteiger partial charge in [0.25, 0.3) is 5.91 Å². The van der Waals surface area contributed by atoms with Crippen molar-refractivity contribution in [2.75, 3.05) is 13.1 Å². The summed E-state index contributed by atoms with van der Waals surface area (Å²) >= 11 is 0. The Kier molecular flexibility index (Phi) is 4.77. The van der Waals surface area contributed by atoms with Crippen LogP contribution in [-0.4, -0.2) is 43.1 Å². The van der Waals surface area contributed by atoms with E-state index < -0.39 is 0 Å². The van der Waals surface area contributed by atoms with Crippen LogP contribution in [0, 0.1) is 0 Å². The van der Waals surface area contributed by atoms with Crippen LogP contribution in [0.15, 0.2) is 42.7 Å². The Balaban J connectivity index is 1.57. The third kappa shape index (κ3) is 3.16. The molecule has 1 aliphatic heterocycles. The van der Waals surface area contributed by atoms with E-state index in [4.69, 9.17) is 5.10 Å². The van der Waals surface area contributed by atoms with Gasteiger partial charge in [0.1, 0.15) is 11.3 Å². The zero-order valence-electron chi connectivity index (χ0n) is 17.6. The van der Waals surface area contributed by atoms with E-state index in [1.165, 1.54) is 18.4 Å². The largest absolute Gasteiger partial charge is 0.339 e. The quantitative estimate of drug-likeness (QED) is 0.509. The van der Waals surface area contributed by atoms with Crippen LogP contribution in [0.3, 0.4) is 0 Å². The van der Waals surface area contributed by atoms with Crippen molar-refractivity contribution in [3.8, 4) is 11.4 Å². The molecule has 1 fully saturated rings. The van der Waals surface area contributed by atoms with Gasteiger partial charge < -0.3 is 4.90 Å². The lowest BCUT2D eigenvalue weighted by atomic mass is 10.1. The molecule has 6 nitrogen and oxygen atoms in total. The lowest BCUT2D eigenvalue weighted by Crippen LogP contribution is -2.31. The summed E-state index contributed by atoms with van der Waals surface area (Å²) in [6.45, 7) is 3.86. The minimum absolute atomic E-state index is 0.129.